The SMILES string of the molecule is Cc1sc(-c2ccc(OC(F)F)cc2Cl)nc1C1=C(OC(=O)C(C)(C)C)[C@@H]2[C@H](C1=O)[C@H]1CC[C@@H]2O1. The first-order chi connectivity index (χ1) is 16.5. The smallest absolute Gasteiger partial charge is 0.387 e. The molecule has 0 unspecified atom stereocenters. The van der Waals surface area contributed by atoms with Crippen molar-refractivity contribution in [1.29, 1.82) is 0 Å². The van der Waals surface area contributed by atoms with E-state index in [1.807, 2.05) is 6.92 Å². The zero-order valence-electron chi connectivity index (χ0n) is 19.6. The summed E-state index contributed by atoms with van der Waals surface area (Å²) in [6, 6.07) is 4.24. The Labute approximate surface area is 210 Å². The quantitative estimate of drug-likeness (QED) is 0.444. The fourth-order valence-electron chi connectivity index (χ4n) is 4.99. The van der Waals surface area contributed by atoms with Crippen LogP contribution in [0.2, 0.25) is 5.02 Å². The van der Waals surface area contributed by atoms with Gasteiger partial charge in [-0.1, -0.05) is 11.6 Å². The van der Waals surface area contributed by atoms with Crippen LogP contribution in [-0.4, -0.2) is 35.6 Å². The standard InChI is InChI=1S/C25H24ClF2NO5S/c1-10-19(29-22(35-10)12-6-5-11(9-13(12)26)32-24(27)28)18-20(30)16-14-7-8-15(33-14)17(16)21(18)34-23(31)25(2,3)4/h5-6,9,14-17,24H,7-8H2,1-4H3/t14-,15+,16-,17+/m1/s1. The molecule has 5 rings (SSSR count). The molecule has 1 aromatic carbocycles. The van der Waals surface area contributed by atoms with Gasteiger partial charge in [-0.3, -0.25) is 9.59 Å². The van der Waals surface area contributed by atoms with E-state index < -0.39 is 18.0 Å². The van der Waals surface area contributed by atoms with Gasteiger partial charge in [0.1, 0.15) is 16.5 Å². The van der Waals surface area contributed by atoms with Gasteiger partial charge in [0, 0.05) is 10.4 Å². The minimum atomic E-state index is -2.96. The van der Waals surface area contributed by atoms with Crippen LogP contribution >= 0.6 is 22.9 Å². The van der Waals surface area contributed by atoms with Crippen molar-refractivity contribution in [2.75, 3.05) is 0 Å². The van der Waals surface area contributed by atoms with Crippen molar-refractivity contribution < 1.29 is 32.6 Å². The van der Waals surface area contributed by atoms with E-state index in [2.05, 4.69) is 4.74 Å². The molecule has 0 spiro atoms. The summed E-state index contributed by atoms with van der Waals surface area (Å²) in [6.07, 6.45) is 1.26. The Morgan fingerprint density at radius 1 is 1.23 bits per heavy atom. The van der Waals surface area contributed by atoms with E-state index in [9.17, 15) is 18.4 Å². The van der Waals surface area contributed by atoms with Crippen LogP contribution in [0.1, 0.15) is 44.2 Å². The predicted molar refractivity (Wildman–Crippen MR) is 126 cm³/mol. The molecule has 1 aliphatic carbocycles. The fraction of sp³-hybridized carbons (Fsp3) is 0.480. The van der Waals surface area contributed by atoms with E-state index in [0.29, 0.717) is 27.6 Å². The van der Waals surface area contributed by atoms with E-state index in [-0.39, 0.29) is 40.6 Å². The third-order valence-electron chi connectivity index (χ3n) is 6.62. The normalized spacial score (nSPS) is 25.5. The third-order valence-corrected chi connectivity index (χ3v) is 7.93. The summed E-state index contributed by atoms with van der Waals surface area (Å²) in [5, 5.41) is 0.710. The van der Waals surface area contributed by atoms with Crippen LogP contribution in [0.4, 0.5) is 8.78 Å². The van der Waals surface area contributed by atoms with Crippen LogP contribution in [0.3, 0.4) is 0 Å². The first-order valence-electron chi connectivity index (χ1n) is 11.3. The Kier molecular flexibility index (Phi) is 6.01. The number of alkyl halides is 2. The lowest BCUT2D eigenvalue weighted by molar-refractivity contribution is -0.149. The molecule has 3 aliphatic rings. The number of hydrogen-bond donors (Lipinski definition) is 0. The molecule has 0 saturated carbocycles. The first kappa shape index (κ1) is 24.3. The summed E-state index contributed by atoms with van der Waals surface area (Å²) in [4.78, 5) is 32.0. The van der Waals surface area contributed by atoms with Gasteiger partial charge in [0.15, 0.2) is 5.78 Å². The fourth-order valence-corrected chi connectivity index (χ4v) is 6.27. The number of ketones is 1. The number of aryl methyl sites for hydroxylation is 1. The molecular weight excluding hydrogens is 500 g/mol. The molecule has 1 aromatic heterocycles. The number of fused-ring (bicyclic) bond motifs is 5. The van der Waals surface area contributed by atoms with Crippen molar-refractivity contribution in [1.82, 2.24) is 4.98 Å². The van der Waals surface area contributed by atoms with Crippen LogP contribution in [0.5, 0.6) is 5.75 Å². The monoisotopic (exact) mass is 523 g/mol. The van der Waals surface area contributed by atoms with Crippen molar-refractivity contribution >= 4 is 40.3 Å². The minimum Gasteiger partial charge on any atom is -0.435 e. The summed E-state index contributed by atoms with van der Waals surface area (Å²) in [7, 11) is 0. The number of benzene rings is 1. The lowest BCUT2D eigenvalue weighted by atomic mass is 9.80. The van der Waals surface area contributed by atoms with Crippen LogP contribution in [-0.2, 0) is 19.1 Å². The minimum absolute atomic E-state index is 0.0596. The van der Waals surface area contributed by atoms with Crippen LogP contribution in [0.15, 0.2) is 24.0 Å². The molecule has 186 valence electrons. The maximum atomic E-state index is 13.7. The highest BCUT2D eigenvalue weighted by Crippen LogP contribution is 2.55. The van der Waals surface area contributed by atoms with Gasteiger partial charge in [-0.05, 0) is 58.7 Å². The Balaban J connectivity index is 1.57. The highest BCUT2D eigenvalue weighted by atomic mass is 35.5. The molecule has 3 heterocycles. The molecule has 2 aromatic rings. The summed E-state index contributed by atoms with van der Waals surface area (Å²) in [5.41, 5.74) is 0.543. The van der Waals surface area contributed by atoms with Gasteiger partial charge in [-0.25, -0.2) is 4.98 Å². The van der Waals surface area contributed by atoms with E-state index in [4.69, 9.17) is 26.1 Å². The zero-order chi connectivity index (χ0) is 25.2. The molecule has 0 N–H and O–H groups in total. The summed E-state index contributed by atoms with van der Waals surface area (Å²) < 4.78 is 41.4. The number of carbonyl (C=O) groups excluding carboxylic acids is 2. The first-order valence-corrected chi connectivity index (χ1v) is 12.5. The molecule has 2 bridgehead atoms. The number of halogens is 3. The molecule has 2 aliphatic heterocycles. The van der Waals surface area contributed by atoms with Crippen LogP contribution in [0.25, 0.3) is 16.1 Å². The predicted octanol–water partition coefficient (Wildman–Crippen LogP) is 6.05. The van der Waals surface area contributed by atoms with E-state index in [0.717, 1.165) is 17.7 Å². The number of hydrogen-bond acceptors (Lipinski definition) is 7. The maximum absolute atomic E-state index is 13.7. The van der Waals surface area contributed by atoms with Gasteiger partial charge in [-0.2, -0.15) is 8.78 Å². The molecule has 4 atom stereocenters. The van der Waals surface area contributed by atoms with Gasteiger partial charge >= 0.3 is 12.6 Å². The lowest BCUT2D eigenvalue weighted by Gasteiger charge is -2.24. The second kappa shape index (κ2) is 8.64. The Morgan fingerprint density at radius 2 is 1.91 bits per heavy atom. The Hall–Kier alpha value is -2.36. The van der Waals surface area contributed by atoms with Crippen LogP contribution < -0.4 is 4.74 Å². The number of esters is 1. The average molecular weight is 524 g/mol. The zero-order valence-corrected chi connectivity index (χ0v) is 21.1. The number of ether oxygens (including phenoxy) is 3. The number of Topliss-reactive ketones (excluding diaryl/α,β-unsaturated/α-hetero) is 1. The van der Waals surface area contributed by atoms with Gasteiger partial charge < -0.3 is 14.2 Å². The largest absolute Gasteiger partial charge is 0.435 e. The molecule has 2 fully saturated rings. The molecule has 0 amide bonds. The van der Waals surface area contributed by atoms with Crippen molar-refractivity contribution in [3.8, 4) is 16.3 Å². The van der Waals surface area contributed by atoms with Gasteiger partial charge in [0.05, 0.1) is 45.7 Å². The second-order valence-corrected chi connectivity index (χ2v) is 11.6. The molecule has 6 nitrogen and oxygen atoms in total. The molecule has 10 heteroatoms. The van der Waals surface area contributed by atoms with Crippen molar-refractivity contribution in [2.45, 2.75) is 59.4 Å². The number of carbonyl (C=O) groups is 2. The van der Waals surface area contributed by atoms with E-state index in [1.165, 1.54) is 23.5 Å². The second-order valence-electron chi connectivity index (χ2n) is 10.0. The number of allylic oxidation sites excluding steroid dienone is 1. The number of thiazole rings is 1. The van der Waals surface area contributed by atoms with E-state index in [1.54, 1.807) is 26.8 Å². The Morgan fingerprint density at radius 3 is 2.54 bits per heavy atom. The average Bonchev–Trinajstić information content (AvgIpc) is 3.51. The van der Waals surface area contributed by atoms with Gasteiger partial charge in [0.25, 0.3) is 0 Å². The van der Waals surface area contributed by atoms with Gasteiger partial charge in [-0.15, -0.1) is 11.3 Å². The summed E-state index contributed by atoms with van der Waals surface area (Å²) >= 11 is 7.67. The summed E-state index contributed by atoms with van der Waals surface area (Å²) in [5.74, 6) is -0.945. The lowest BCUT2D eigenvalue weighted by Crippen LogP contribution is -2.31. The van der Waals surface area contributed by atoms with Gasteiger partial charge in [0.2, 0.25) is 0 Å². The van der Waals surface area contributed by atoms with Crippen LogP contribution in [0, 0.1) is 24.2 Å². The molecule has 35 heavy (non-hydrogen) atoms. The third kappa shape index (κ3) is 4.17. The topological polar surface area (TPSA) is 74.7 Å². The highest BCUT2D eigenvalue weighted by molar-refractivity contribution is 7.15. The van der Waals surface area contributed by atoms with E-state index >= 15 is 0 Å². The number of nitrogens with zero attached hydrogens (tertiary/aromatic N) is 1. The Bertz CT molecular complexity index is 1250. The van der Waals surface area contributed by atoms with Crippen molar-refractivity contribution in [3.05, 3.63) is 39.6 Å². The highest BCUT2D eigenvalue weighted by Gasteiger charge is 2.60. The number of rotatable bonds is 5. The molecule has 0 radical (unpaired) electrons. The molecule has 2 saturated heterocycles. The van der Waals surface area contributed by atoms with Crippen molar-refractivity contribution in [3.63, 3.8) is 0 Å². The maximum Gasteiger partial charge on any atom is 0.387 e. The molecular formula is C25H24ClF2NO5S. The van der Waals surface area contributed by atoms with Crippen molar-refractivity contribution in [2.24, 2.45) is 17.3 Å². The summed E-state index contributed by atoms with van der Waals surface area (Å²) in [6.45, 7) is 4.16. The number of aromatic nitrogens is 1.